The topological polar surface area (TPSA) is 66.2 Å². The number of hydrogen-bond acceptors (Lipinski definition) is 3. The van der Waals surface area contributed by atoms with Crippen LogP contribution in [0.3, 0.4) is 0 Å². The molecule has 1 aliphatic rings. The molecular formula is C24H29N3O2. The zero-order valence-electron chi connectivity index (χ0n) is 16.9. The maximum Gasteiger partial charge on any atom is 0.220 e. The molecule has 5 nitrogen and oxygen atoms in total. The number of rotatable bonds is 8. The van der Waals surface area contributed by atoms with E-state index in [0.29, 0.717) is 19.0 Å². The van der Waals surface area contributed by atoms with Crippen molar-refractivity contribution in [3.05, 3.63) is 65.9 Å². The minimum Gasteiger partial charge on any atom is -0.497 e. The van der Waals surface area contributed by atoms with Crippen LogP contribution in [0.15, 0.2) is 54.7 Å². The number of aromatic nitrogens is 1. The zero-order valence-corrected chi connectivity index (χ0v) is 16.9. The molecule has 29 heavy (non-hydrogen) atoms. The standard InChI is InChI=1S/C24H29N3O2/c1-29-19-11-8-17(9-12-19)21(22-16-26-23-7-3-2-6-20(22)23)15-27-24(28)13-10-18-5-4-14-25-18/h2-3,6-9,11-12,16,18,21,25-26H,4-5,10,13-15H2,1H3,(H,27,28). The highest BCUT2D eigenvalue weighted by Crippen LogP contribution is 2.31. The summed E-state index contributed by atoms with van der Waals surface area (Å²) in [6, 6.07) is 16.9. The molecule has 2 atom stereocenters. The van der Waals surface area contributed by atoms with Crippen molar-refractivity contribution >= 4 is 16.8 Å². The number of methoxy groups -OCH3 is 1. The summed E-state index contributed by atoms with van der Waals surface area (Å²) in [6.07, 6.45) is 5.94. The number of carbonyl (C=O) groups is 1. The van der Waals surface area contributed by atoms with Crippen LogP contribution in [0, 0.1) is 0 Å². The molecule has 0 aliphatic carbocycles. The summed E-state index contributed by atoms with van der Waals surface area (Å²) in [7, 11) is 1.67. The van der Waals surface area contributed by atoms with E-state index < -0.39 is 0 Å². The van der Waals surface area contributed by atoms with Crippen molar-refractivity contribution in [2.75, 3.05) is 20.2 Å². The third kappa shape index (κ3) is 4.62. The Morgan fingerprint density at radius 3 is 2.79 bits per heavy atom. The second-order valence-electron chi connectivity index (χ2n) is 7.75. The Morgan fingerprint density at radius 1 is 1.21 bits per heavy atom. The van der Waals surface area contributed by atoms with Gasteiger partial charge in [0.05, 0.1) is 7.11 Å². The molecule has 2 heterocycles. The molecule has 3 N–H and O–H groups in total. The third-order valence-corrected chi connectivity index (χ3v) is 5.90. The van der Waals surface area contributed by atoms with Gasteiger partial charge in [-0.3, -0.25) is 4.79 Å². The van der Waals surface area contributed by atoms with Crippen LogP contribution in [0.5, 0.6) is 5.75 Å². The summed E-state index contributed by atoms with van der Waals surface area (Å²) in [6.45, 7) is 1.65. The van der Waals surface area contributed by atoms with Crippen molar-refractivity contribution in [2.24, 2.45) is 0 Å². The molecule has 0 bridgehead atoms. The van der Waals surface area contributed by atoms with Crippen LogP contribution in [-0.2, 0) is 4.79 Å². The van der Waals surface area contributed by atoms with Crippen LogP contribution >= 0.6 is 0 Å². The van der Waals surface area contributed by atoms with Gasteiger partial charge >= 0.3 is 0 Å². The molecule has 5 heteroatoms. The fraction of sp³-hybridized carbons (Fsp3) is 0.375. The molecule has 1 aromatic heterocycles. The van der Waals surface area contributed by atoms with E-state index in [1.54, 1.807) is 7.11 Å². The van der Waals surface area contributed by atoms with Crippen LogP contribution in [-0.4, -0.2) is 37.1 Å². The Balaban J connectivity index is 1.50. The van der Waals surface area contributed by atoms with Crippen molar-refractivity contribution < 1.29 is 9.53 Å². The Hall–Kier alpha value is -2.79. The quantitative estimate of drug-likeness (QED) is 0.545. The second-order valence-corrected chi connectivity index (χ2v) is 7.75. The summed E-state index contributed by atoms with van der Waals surface area (Å²) >= 11 is 0. The summed E-state index contributed by atoms with van der Waals surface area (Å²) in [5, 5.41) is 7.83. The largest absolute Gasteiger partial charge is 0.497 e. The number of amides is 1. The van der Waals surface area contributed by atoms with Crippen molar-refractivity contribution in [2.45, 2.75) is 37.6 Å². The molecule has 1 amide bonds. The molecular weight excluding hydrogens is 362 g/mol. The van der Waals surface area contributed by atoms with E-state index in [4.69, 9.17) is 4.74 Å². The third-order valence-electron chi connectivity index (χ3n) is 5.90. The molecule has 152 valence electrons. The summed E-state index contributed by atoms with van der Waals surface area (Å²) in [5.41, 5.74) is 3.47. The smallest absolute Gasteiger partial charge is 0.220 e. The molecule has 1 aliphatic heterocycles. The number of para-hydroxylation sites is 1. The molecule has 3 aromatic rings. The lowest BCUT2D eigenvalue weighted by molar-refractivity contribution is -0.121. The minimum absolute atomic E-state index is 0.0746. The maximum absolute atomic E-state index is 12.5. The first-order valence-electron chi connectivity index (χ1n) is 10.4. The summed E-state index contributed by atoms with van der Waals surface area (Å²) < 4.78 is 5.31. The molecule has 0 radical (unpaired) electrons. The van der Waals surface area contributed by atoms with E-state index in [1.807, 2.05) is 18.2 Å². The van der Waals surface area contributed by atoms with Crippen LogP contribution in [0.25, 0.3) is 10.9 Å². The van der Waals surface area contributed by atoms with E-state index in [2.05, 4.69) is 52.1 Å². The number of carbonyl (C=O) groups excluding carboxylic acids is 1. The molecule has 1 saturated heterocycles. The van der Waals surface area contributed by atoms with E-state index in [-0.39, 0.29) is 11.8 Å². The van der Waals surface area contributed by atoms with Crippen molar-refractivity contribution in [1.29, 1.82) is 0 Å². The Bertz CT molecular complexity index is 942. The van der Waals surface area contributed by atoms with Gasteiger partial charge in [-0.2, -0.15) is 0 Å². The SMILES string of the molecule is COc1ccc(C(CNC(=O)CCC2CCCN2)c2c[nH]c3ccccc23)cc1. The van der Waals surface area contributed by atoms with E-state index >= 15 is 0 Å². The van der Waals surface area contributed by atoms with Gasteiger partial charge < -0.3 is 20.4 Å². The lowest BCUT2D eigenvalue weighted by Gasteiger charge is -2.19. The molecule has 4 rings (SSSR count). The van der Waals surface area contributed by atoms with Gasteiger partial charge in [-0.15, -0.1) is 0 Å². The first-order valence-corrected chi connectivity index (χ1v) is 10.4. The molecule has 1 fully saturated rings. The van der Waals surface area contributed by atoms with E-state index in [1.165, 1.54) is 23.8 Å². The molecule has 0 saturated carbocycles. The van der Waals surface area contributed by atoms with Gasteiger partial charge in [-0.25, -0.2) is 0 Å². The van der Waals surface area contributed by atoms with Crippen molar-refractivity contribution in [3.8, 4) is 5.75 Å². The van der Waals surface area contributed by atoms with Crippen LogP contribution in [0.1, 0.15) is 42.7 Å². The maximum atomic E-state index is 12.5. The number of aromatic amines is 1. The van der Waals surface area contributed by atoms with Gasteiger partial charge in [0.2, 0.25) is 5.91 Å². The van der Waals surface area contributed by atoms with Crippen molar-refractivity contribution in [1.82, 2.24) is 15.6 Å². The van der Waals surface area contributed by atoms with Crippen LogP contribution < -0.4 is 15.4 Å². The lowest BCUT2D eigenvalue weighted by atomic mass is 9.90. The second kappa shape index (κ2) is 9.14. The Labute approximate surface area is 171 Å². The summed E-state index contributed by atoms with van der Waals surface area (Å²) in [4.78, 5) is 15.9. The van der Waals surface area contributed by atoms with Gasteiger partial charge in [-0.05, 0) is 55.1 Å². The van der Waals surface area contributed by atoms with Gasteiger partial charge in [0.25, 0.3) is 0 Å². The predicted molar refractivity (Wildman–Crippen MR) is 116 cm³/mol. The van der Waals surface area contributed by atoms with E-state index in [0.717, 1.165) is 29.8 Å². The fourth-order valence-corrected chi connectivity index (χ4v) is 4.24. The normalized spacial score (nSPS) is 17.3. The summed E-state index contributed by atoms with van der Waals surface area (Å²) in [5.74, 6) is 1.03. The Kier molecular flexibility index (Phi) is 6.15. The fourth-order valence-electron chi connectivity index (χ4n) is 4.24. The highest BCUT2D eigenvalue weighted by Gasteiger charge is 2.20. The number of ether oxygens (including phenoxy) is 1. The predicted octanol–water partition coefficient (Wildman–Crippen LogP) is 3.96. The average Bonchev–Trinajstić information content (AvgIpc) is 3.43. The monoisotopic (exact) mass is 391 g/mol. The van der Waals surface area contributed by atoms with Gasteiger partial charge in [0, 0.05) is 42.0 Å². The van der Waals surface area contributed by atoms with Gasteiger partial charge in [0.1, 0.15) is 5.75 Å². The number of hydrogen-bond donors (Lipinski definition) is 3. The highest BCUT2D eigenvalue weighted by atomic mass is 16.5. The number of fused-ring (bicyclic) bond motifs is 1. The first-order chi connectivity index (χ1) is 14.2. The first kappa shape index (κ1) is 19.5. The van der Waals surface area contributed by atoms with E-state index in [9.17, 15) is 4.79 Å². The molecule has 2 aromatic carbocycles. The van der Waals surface area contributed by atoms with Gasteiger partial charge in [0.15, 0.2) is 0 Å². The minimum atomic E-state index is 0.0746. The van der Waals surface area contributed by atoms with Gasteiger partial charge in [-0.1, -0.05) is 30.3 Å². The van der Waals surface area contributed by atoms with Crippen LogP contribution in [0.4, 0.5) is 0 Å². The number of H-pyrrole nitrogens is 1. The molecule has 2 unspecified atom stereocenters. The lowest BCUT2D eigenvalue weighted by Crippen LogP contribution is -2.30. The van der Waals surface area contributed by atoms with Crippen LogP contribution in [0.2, 0.25) is 0 Å². The average molecular weight is 392 g/mol. The number of benzene rings is 2. The Morgan fingerprint density at radius 2 is 2.03 bits per heavy atom. The molecule has 0 spiro atoms. The highest BCUT2D eigenvalue weighted by molar-refractivity contribution is 5.84. The number of nitrogens with one attached hydrogen (secondary N) is 3. The van der Waals surface area contributed by atoms with Crippen molar-refractivity contribution in [3.63, 3.8) is 0 Å². The zero-order chi connectivity index (χ0) is 20.1.